The highest BCUT2D eigenvalue weighted by Gasteiger charge is 2.29. The molecule has 9 heteroatoms. The number of hydrogen-bond donors (Lipinski definition) is 1. The van der Waals surface area contributed by atoms with Gasteiger partial charge in [-0.1, -0.05) is 27.7 Å². The Bertz CT molecular complexity index is 1090. The summed E-state index contributed by atoms with van der Waals surface area (Å²) in [5.74, 6) is 1.33. The molecule has 1 aromatic heterocycles. The van der Waals surface area contributed by atoms with Gasteiger partial charge in [-0.15, -0.1) is 0 Å². The van der Waals surface area contributed by atoms with Crippen LogP contribution in [0.4, 0.5) is 0 Å². The van der Waals surface area contributed by atoms with Gasteiger partial charge >= 0.3 is 0 Å². The summed E-state index contributed by atoms with van der Waals surface area (Å²) in [6.45, 7) is 9.53. The zero-order valence-electron chi connectivity index (χ0n) is 18.4. The minimum absolute atomic E-state index is 0.0118. The second kappa shape index (κ2) is 9.83. The molecule has 0 radical (unpaired) electrons. The van der Waals surface area contributed by atoms with E-state index in [0.717, 1.165) is 19.3 Å². The molecule has 1 N–H and O–H groups in total. The van der Waals surface area contributed by atoms with Crippen LogP contribution in [0.15, 0.2) is 32.4 Å². The maximum atomic E-state index is 13.3. The molecule has 31 heavy (non-hydrogen) atoms. The Labute approximate surface area is 192 Å². The minimum atomic E-state index is -3.65. The van der Waals surface area contributed by atoms with Crippen LogP contribution in [0.2, 0.25) is 0 Å². The van der Waals surface area contributed by atoms with E-state index in [1.807, 2.05) is 20.8 Å². The van der Waals surface area contributed by atoms with Gasteiger partial charge in [0.2, 0.25) is 10.0 Å². The number of piperidine rings is 1. The maximum Gasteiger partial charge on any atom is 0.265 e. The molecule has 7 nitrogen and oxygen atoms in total. The third kappa shape index (κ3) is 5.21. The molecule has 0 aliphatic carbocycles. The van der Waals surface area contributed by atoms with Crippen molar-refractivity contribution in [1.29, 1.82) is 0 Å². The molecule has 0 bridgehead atoms. The number of benzene rings is 1. The number of halogens is 1. The van der Waals surface area contributed by atoms with Gasteiger partial charge in [-0.3, -0.25) is 4.79 Å². The van der Waals surface area contributed by atoms with E-state index in [2.05, 4.69) is 32.8 Å². The fourth-order valence-electron chi connectivity index (χ4n) is 3.55. The van der Waals surface area contributed by atoms with E-state index >= 15 is 0 Å². The van der Waals surface area contributed by atoms with E-state index < -0.39 is 10.0 Å². The van der Waals surface area contributed by atoms with Crippen LogP contribution in [0.3, 0.4) is 0 Å². The van der Waals surface area contributed by atoms with Crippen molar-refractivity contribution in [3.05, 3.63) is 38.7 Å². The molecular weight excluding hydrogens is 482 g/mol. The Hall–Kier alpha value is -1.71. The van der Waals surface area contributed by atoms with Gasteiger partial charge in [0.1, 0.15) is 16.0 Å². The summed E-state index contributed by atoms with van der Waals surface area (Å²) in [5, 5.41) is 0. The number of ether oxygens (including phenoxy) is 1. The van der Waals surface area contributed by atoms with Gasteiger partial charge in [-0.2, -0.15) is 4.31 Å². The van der Waals surface area contributed by atoms with Crippen molar-refractivity contribution in [3.8, 4) is 17.1 Å². The molecule has 1 fully saturated rings. The van der Waals surface area contributed by atoms with Gasteiger partial charge < -0.3 is 9.72 Å². The molecule has 1 saturated heterocycles. The van der Waals surface area contributed by atoms with E-state index in [9.17, 15) is 13.2 Å². The van der Waals surface area contributed by atoms with Crippen molar-refractivity contribution < 1.29 is 13.2 Å². The Balaban J connectivity index is 2.11. The Kier molecular flexibility index (Phi) is 7.59. The van der Waals surface area contributed by atoms with E-state index in [0.29, 0.717) is 52.9 Å². The molecule has 3 rings (SSSR count). The summed E-state index contributed by atoms with van der Waals surface area (Å²) >= 11 is 3.31. The number of aromatic amines is 1. The number of rotatable bonds is 7. The Morgan fingerprint density at radius 2 is 1.97 bits per heavy atom. The molecular formula is C22H30BrN3O4S. The van der Waals surface area contributed by atoms with Crippen LogP contribution >= 0.6 is 15.9 Å². The molecule has 2 aromatic rings. The average molecular weight is 512 g/mol. The van der Waals surface area contributed by atoms with Crippen molar-refractivity contribution in [3.63, 3.8) is 0 Å². The third-order valence-electron chi connectivity index (χ3n) is 5.48. The smallest absolute Gasteiger partial charge is 0.265 e. The van der Waals surface area contributed by atoms with Crippen LogP contribution in [0.5, 0.6) is 5.75 Å². The van der Waals surface area contributed by atoms with Gasteiger partial charge in [0.05, 0.1) is 22.8 Å². The van der Waals surface area contributed by atoms with Gasteiger partial charge in [0, 0.05) is 13.1 Å². The van der Waals surface area contributed by atoms with Crippen LogP contribution in [0, 0.1) is 5.92 Å². The summed E-state index contributed by atoms with van der Waals surface area (Å²) in [6, 6.07) is 4.79. The summed E-state index contributed by atoms with van der Waals surface area (Å²) < 4.78 is 34.3. The fourth-order valence-corrected chi connectivity index (χ4v) is 5.70. The van der Waals surface area contributed by atoms with E-state index in [1.54, 1.807) is 18.2 Å². The lowest BCUT2D eigenvalue weighted by molar-refractivity contribution is 0.288. The highest BCUT2D eigenvalue weighted by atomic mass is 79.9. The van der Waals surface area contributed by atoms with E-state index in [4.69, 9.17) is 4.74 Å². The van der Waals surface area contributed by atoms with E-state index in [-0.39, 0.29) is 16.4 Å². The molecule has 0 unspecified atom stereocenters. The monoisotopic (exact) mass is 511 g/mol. The molecule has 2 heterocycles. The lowest BCUT2D eigenvalue weighted by Gasteiger charge is -2.29. The number of sulfonamides is 1. The minimum Gasteiger partial charge on any atom is -0.493 e. The largest absolute Gasteiger partial charge is 0.493 e. The molecule has 1 aliphatic rings. The zero-order valence-corrected chi connectivity index (χ0v) is 20.8. The first-order valence-electron chi connectivity index (χ1n) is 10.7. The van der Waals surface area contributed by atoms with Crippen LogP contribution < -0.4 is 10.3 Å². The first-order chi connectivity index (χ1) is 14.6. The van der Waals surface area contributed by atoms with Gasteiger partial charge in [-0.25, -0.2) is 13.4 Å². The average Bonchev–Trinajstić information content (AvgIpc) is 2.74. The van der Waals surface area contributed by atoms with Crippen molar-refractivity contribution in [2.75, 3.05) is 19.7 Å². The third-order valence-corrected chi connectivity index (χ3v) is 8.14. The normalized spacial score (nSPS) is 16.1. The number of H-pyrrole nitrogens is 1. The highest BCUT2D eigenvalue weighted by Crippen LogP contribution is 2.33. The molecule has 1 aromatic carbocycles. The first-order valence-corrected chi connectivity index (χ1v) is 13.0. The van der Waals surface area contributed by atoms with Crippen molar-refractivity contribution in [2.24, 2.45) is 5.92 Å². The molecule has 0 saturated carbocycles. The quantitative estimate of drug-likeness (QED) is 0.589. The molecule has 170 valence electrons. The zero-order chi connectivity index (χ0) is 22.8. The second-order valence-corrected chi connectivity index (χ2v) is 11.1. The predicted molar refractivity (Wildman–Crippen MR) is 125 cm³/mol. The maximum absolute atomic E-state index is 13.3. The SMILES string of the molecule is CCCOc1ccc(S(=O)(=O)N2CCC(C)CC2)cc1-c1nc(C(C)C)c(Br)c(=O)[nH]1. The van der Waals surface area contributed by atoms with E-state index in [1.165, 1.54) is 4.31 Å². The topological polar surface area (TPSA) is 92.4 Å². The van der Waals surface area contributed by atoms with Crippen molar-refractivity contribution in [1.82, 2.24) is 14.3 Å². The van der Waals surface area contributed by atoms with Gasteiger partial charge in [0.25, 0.3) is 5.56 Å². The van der Waals surface area contributed by atoms with Crippen LogP contribution in [-0.4, -0.2) is 42.4 Å². The summed E-state index contributed by atoms with van der Waals surface area (Å²) in [7, 11) is -3.65. The van der Waals surface area contributed by atoms with Crippen molar-refractivity contribution in [2.45, 2.75) is 57.8 Å². The summed E-state index contributed by atoms with van der Waals surface area (Å²) in [4.78, 5) is 20.1. The van der Waals surface area contributed by atoms with Gasteiger partial charge in [0.15, 0.2) is 0 Å². The lowest BCUT2D eigenvalue weighted by atomic mass is 10.0. The molecule has 0 spiro atoms. The standard InChI is InChI=1S/C22H30BrN3O4S/c1-5-12-30-18-7-6-16(31(28,29)26-10-8-15(4)9-11-26)13-17(18)21-24-20(14(2)3)19(23)22(27)25-21/h6-7,13-15H,5,8-12H2,1-4H3,(H,24,25,27). The number of nitrogens with one attached hydrogen (secondary N) is 1. The van der Waals surface area contributed by atoms with Crippen molar-refractivity contribution >= 4 is 26.0 Å². The number of nitrogens with zero attached hydrogens (tertiary/aromatic N) is 2. The summed E-state index contributed by atoms with van der Waals surface area (Å²) in [6.07, 6.45) is 2.50. The Morgan fingerprint density at radius 3 is 2.58 bits per heavy atom. The molecule has 0 amide bonds. The molecule has 1 aliphatic heterocycles. The number of aromatic nitrogens is 2. The Morgan fingerprint density at radius 1 is 1.29 bits per heavy atom. The number of hydrogen-bond acceptors (Lipinski definition) is 5. The highest BCUT2D eigenvalue weighted by molar-refractivity contribution is 9.10. The lowest BCUT2D eigenvalue weighted by Crippen LogP contribution is -2.37. The van der Waals surface area contributed by atoms with Crippen LogP contribution in [0.25, 0.3) is 11.4 Å². The molecule has 0 atom stereocenters. The van der Waals surface area contributed by atoms with Crippen LogP contribution in [0.1, 0.15) is 58.6 Å². The van der Waals surface area contributed by atoms with Gasteiger partial charge in [-0.05, 0) is 65.2 Å². The predicted octanol–water partition coefficient (Wildman–Crippen LogP) is 4.53. The second-order valence-electron chi connectivity index (χ2n) is 8.36. The summed E-state index contributed by atoms with van der Waals surface area (Å²) in [5.41, 5.74) is 0.762. The van der Waals surface area contributed by atoms with Crippen LogP contribution in [-0.2, 0) is 10.0 Å². The first kappa shape index (κ1) is 23.9. The fraction of sp³-hybridized carbons (Fsp3) is 0.545.